The smallest absolute Gasteiger partial charge is 0.132 e. The Morgan fingerprint density at radius 2 is 2.12 bits per heavy atom. The number of rotatable bonds is 4. The van der Waals surface area contributed by atoms with E-state index in [2.05, 4.69) is 16.8 Å². The van der Waals surface area contributed by atoms with Gasteiger partial charge in [-0.1, -0.05) is 24.3 Å². The van der Waals surface area contributed by atoms with E-state index in [9.17, 15) is 4.39 Å². The molecule has 0 radical (unpaired) electrons. The molecule has 0 saturated heterocycles. The number of ether oxygens (including phenoxy) is 1. The summed E-state index contributed by atoms with van der Waals surface area (Å²) >= 11 is 0. The predicted molar refractivity (Wildman–Crippen MR) is 91.3 cm³/mol. The normalized spacial score (nSPS) is 24.7. The zero-order valence-corrected chi connectivity index (χ0v) is 14.1. The fourth-order valence-corrected chi connectivity index (χ4v) is 4.06. The van der Waals surface area contributed by atoms with Crippen LogP contribution < -0.4 is 0 Å². The van der Waals surface area contributed by atoms with Crippen LogP contribution in [0.3, 0.4) is 0 Å². The number of aromatic nitrogens is 2. The van der Waals surface area contributed by atoms with Crippen LogP contribution >= 0.6 is 0 Å². The molecule has 2 atom stereocenters. The summed E-state index contributed by atoms with van der Waals surface area (Å²) in [5.41, 5.74) is 4.17. The Morgan fingerprint density at radius 1 is 1.33 bits per heavy atom. The van der Waals surface area contributed by atoms with Crippen LogP contribution in [-0.4, -0.2) is 22.9 Å². The van der Waals surface area contributed by atoms with E-state index in [1.54, 1.807) is 12.1 Å². The molecule has 4 heteroatoms. The van der Waals surface area contributed by atoms with Crippen molar-refractivity contribution in [3.8, 4) is 11.3 Å². The maximum atomic E-state index is 14.1. The van der Waals surface area contributed by atoms with Crippen LogP contribution in [-0.2, 0) is 10.2 Å². The van der Waals surface area contributed by atoms with E-state index >= 15 is 0 Å². The lowest BCUT2D eigenvalue weighted by molar-refractivity contribution is 0.0480. The molecular formula is C20H21FN2O. The van der Waals surface area contributed by atoms with Gasteiger partial charge in [0.25, 0.3) is 0 Å². The largest absolute Gasteiger partial charge is 0.377 e. The molecular weight excluding hydrogens is 303 g/mol. The lowest BCUT2D eigenvalue weighted by Crippen LogP contribution is -2.31. The van der Waals surface area contributed by atoms with Gasteiger partial charge < -0.3 is 4.74 Å². The van der Waals surface area contributed by atoms with Crippen LogP contribution in [0.1, 0.15) is 43.9 Å². The molecule has 1 aromatic carbocycles. The van der Waals surface area contributed by atoms with Gasteiger partial charge in [0.2, 0.25) is 0 Å². The molecule has 124 valence electrons. The number of halogens is 1. The molecule has 1 fully saturated rings. The Kier molecular flexibility index (Phi) is 3.53. The highest BCUT2D eigenvalue weighted by atomic mass is 19.1. The highest BCUT2D eigenvalue weighted by Crippen LogP contribution is 2.59. The molecule has 2 bridgehead atoms. The minimum absolute atomic E-state index is 0.168. The van der Waals surface area contributed by atoms with E-state index in [0.29, 0.717) is 17.9 Å². The zero-order chi connectivity index (χ0) is 16.9. The van der Waals surface area contributed by atoms with Gasteiger partial charge in [-0.2, -0.15) is 10.2 Å². The van der Waals surface area contributed by atoms with Crippen molar-refractivity contribution in [3.63, 3.8) is 0 Å². The van der Waals surface area contributed by atoms with Gasteiger partial charge in [0.1, 0.15) is 5.82 Å². The molecule has 0 spiro atoms. The molecule has 1 heterocycles. The number of hydrogen-bond acceptors (Lipinski definition) is 3. The molecule has 3 nitrogen and oxygen atoms in total. The van der Waals surface area contributed by atoms with Gasteiger partial charge >= 0.3 is 0 Å². The molecule has 0 aliphatic heterocycles. The van der Waals surface area contributed by atoms with E-state index < -0.39 is 0 Å². The fraction of sp³-hybridized carbons (Fsp3) is 0.400. The van der Waals surface area contributed by atoms with Crippen LogP contribution in [0.15, 0.2) is 42.5 Å². The SMILES string of the molecule is C=C1[C@@H]2CC[C@@]1(COC(C)C)c1nnc(-c3ccccc3F)cc12. The second-order valence-electron chi connectivity index (χ2n) is 7.07. The first kappa shape index (κ1) is 15.5. The first-order valence-electron chi connectivity index (χ1n) is 8.47. The lowest BCUT2D eigenvalue weighted by Gasteiger charge is -2.28. The van der Waals surface area contributed by atoms with Gasteiger partial charge in [0.05, 0.1) is 29.5 Å². The highest BCUT2D eigenvalue weighted by molar-refractivity contribution is 5.64. The minimum atomic E-state index is -0.272. The summed E-state index contributed by atoms with van der Waals surface area (Å²) in [4.78, 5) is 0. The first-order valence-corrected chi connectivity index (χ1v) is 8.47. The van der Waals surface area contributed by atoms with Crippen molar-refractivity contribution in [3.05, 3.63) is 59.6 Å². The van der Waals surface area contributed by atoms with E-state index in [0.717, 1.165) is 24.1 Å². The molecule has 2 aromatic rings. The third-order valence-electron chi connectivity index (χ3n) is 5.36. The van der Waals surface area contributed by atoms with Gasteiger partial charge in [-0.3, -0.25) is 0 Å². The third-order valence-corrected chi connectivity index (χ3v) is 5.36. The highest BCUT2D eigenvalue weighted by Gasteiger charge is 2.54. The second-order valence-corrected chi connectivity index (χ2v) is 7.07. The van der Waals surface area contributed by atoms with Crippen LogP contribution in [0.5, 0.6) is 0 Å². The molecule has 0 unspecified atom stereocenters. The molecule has 24 heavy (non-hydrogen) atoms. The van der Waals surface area contributed by atoms with Gasteiger partial charge in [0, 0.05) is 11.5 Å². The number of fused-ring (bicyclic) bond motifs is 5. The molecule has 0 amide bonds. The Bertz CT molecular complexity index is 817. The standard InChI is InChI=1S/C20H21FN2O/c1-12(2)24-11-20-9-8-14(13(20)3)16-10-18(22-23-19(16)20)15-6-4-5-7-17(15)21/h4-7,10,12,14H,3,8-9,11H2,1-2H3/t14-,20-/m0/s1. The maximum absolute atomic E-state index is 14.1. The summed E-state index contributed by atoms with van der Waals surface area (Å²) in [6, 6.07) is 8.68. The number of nitrogens with zero attached hydrogens (tertiary/aromatic N) is 2. The van der Waals surface area contributed by atoms with Crippen molar-refractivity contribution in [2.24, 2.45) is 0 Å². The van der Waals surface area contributed by atoms with E-state index in [4.69, 9.17) is 4.74 Å². The Labute approximate surface area is 141 Å². The van der Waals surface area contributed by atoms with Gasteiger partial charge in [-0.25, -0.2) is 4.39 Å². The fourth-order valence-electron chi connectivity index (χ4n) is 4.06. The summed E-state index contributed by atoms with van der Waals surface area (Å²) in [6.07, 6.45) is 2.22. The predicted octanol–water partition coefficient (Wildman–Crippen LogP) is 4.39. The monoisotopic (exact) mass is 324 g/mol. The molecule has 0 N–H and O–H groups in total. The van der Waals surface area contributed by atoms with Crippen molar-refractivity contribution in [2.75, 3.05) is 6.61 Å². The summed E-state index contributed by atoms with van der Waals surface area (Å²) < 4.78 is 20.0. The van der Waals surface area contributed by atoms with E-state index in [-0.39, 0.29) is 23.3 Å². The van der Waals surface area contributed by atoms with Crippen LogP contribution in [0.4, 0.5) is 4.39 Å². The molecule has 2 aliphatic carbocycles. The first-order chi connectivity index (χ1) is 11.5. The number of hydrogen-bond donors (Lipinski definition) is 0. The summed E-state index contributed by atoms with van der Waals surface area (Å²) in [5, 5.41) is 8.82. The van der Waals surface area contributed by atoms with Gasteiger partial charge in [-0.05, 0) is 50.5 Å². The number of benzene rings is 1. The molecule has 4 rings (SSSR count). The van der Waals surface area contributed by atoms with Crippen molar-refractivity contribution in [2.45, 2.75) is 44.1 Å². The third kappa shape index (κ3) is 2.13. The molecule has 1 aromatic heterocycles. The second kappa shape index (κ2) is 5.49. The topological polar surface area (TPSA) is 35.0 Å². The Morgan fingerprint density at radius 3 is 2.88 bits per heavy atom. The van der Waals surface area contributed by atoms with Crippen LogP contribution in [0.2, 0.25) is 0 Å². The summed E-state index contributed by atoms with van der Waals surface area (Å²) in [6.45, 7) is 9.01. The molecule has 1 saturated carbocycles. The Balaban J connectivity index is 1.77. The average Bonchev–Trinajstić information content (AvgIpc) is 3.02. The van der Waals surface area contributed by atoms with Crippen molar-refractivity contribution in [1.82, 2.24) is 10.2 Å². The van der Waals surface area contributed by atoms with E-state index in [1.165, 1.54) is 11.6 Å². The average molecular weight is 324 g/mol. The summed E-state index contributed by atoms with van der Waals surface area (Å²) in [7, 11) is 0. The minimum Gasteiger partial charge on any atom is -0.377 e. The zero-order valence-electron chi connectivity index (χ0n) is 14.1. The van der Waals surface area contributed by atoms with E-state index in [1.807, 2.05) is 26.0 Å². The molecule has 2 aliphatic rings. The van der Waals surface area contributed by atoms with Crippen molar-refractivity contribution in [1.29, 1.82) is 0 Å². The van der Waals surface area contributed by atoms with Gasteiger partial charge in [-0.15, -0.1) is 0 Å². The lowest BCUT2D eigenvalue weighted by atomic mass is 9.82. The van der Waals surface area contributed by atoms with Gasteiger partial charge in [0.15, 0.2) is 0 Å². The van der Waals surface area contributed by atoms with Crippen LogP contribution in [0.25, 0.3) is 11.3 Å². The van der Waals surface area contributed by atoms with Crippen molar-refractivity contribution < 1.29 is 9.13 Å². The quantitative estimate of drug-likeness (QED) is 0.782. The maximum Gasteiger partial charge on any atom is 0.132 e. The Hall–Kier alpha value is -2.07. The summed E-state index contributed by atoms with van der Waals surface area (Å²) in [5.74, 6) is 0.0170. The van der Waals surface area contributed by atoms with Crippen molar-refractivity contribution >= 4 is 0 Å². The van der Waals surface area contributed by atoms with Crippen LogP contribution in [0, 0.1) is 5.82 Å².